The number of nitrogens with one attached hydrogen (secondary N) is 3. The molecular weight excluding hydrogens is 371 g/mol. The number of aromatic nitrogens is 4. The first-order valence-corrected chi connectivity index (χ1v) is 8.72. The summed E-state index contributed by atoms with van der Waals surface area (Å²) in [5, 5.41) is 6.69. The van der Waals surface area contributed by atoms with Crippen LogP contribution >= 0.6 is 11.6 Å². The minimum Gasteiger partial charge on any atom is -0.357 e. The number of halogens is 2. The minimum atomic E-state index is -0.682. The number of rotatable bonds is 4. The Hall–Kier alpha value is -2.74. The van der Waals surface area contributed by atoms with Crippen LogP contribution in [0, 0.1) is 11.2 Å². The number of anilines is 1. The van der Waals surface area contributed by atoms with Gasteiger partial charge in [-0.1, -0.05) is 32.4 Å². The Balaban J connectivity index is 0.00000280. The molecule has 1 atom stereocenters. The lowest BCUT2D eigenvalue weighted by atomic mass is 9.86. The number of carbonyl (C=O) groups is 1. The van der Waals surface area contributed by atoms with Crippen molar-refractivity contribution in [2.24, 2.45) is 5.41 Å². The smallest absolute Gasteiger partial charge is 0.242 e. The topological polar surface area (TPSA) is 95.6 Å². The summed E-state index contributed by atoms with van der Waals surface area (Å²) in [6.07, 6.45) is 4.29. The number of aromatic amines is 1. The van der Waals surface area contributed by atoms with Gasteiger partial charge < -0.3 is 15.6 Å². The van der Waals surface area contributed by atoms with Crippen molar-refractivity contribution in [3.8, 4) is 11.4 Å². The van der Waals surface area contributed by atoms with E-state index in [2.05, 4.69) is 30.6 Å². The molecule has 0 saturated carbocycles. The molecule has 3 heterocycles. The molecule has 144 valence electrons. The molecule has 9 heteroatoms. The van der Waals surface area contributed by atoms with E-state index >= 15 is 0 Å². The van der Waals surface area contributed by atoms with Crippen molar-refractivity contribution >= 4 is 34.4 Å². The normalized spacial score (nSPS) is 12.8. The third-order valence-electron chi connectivity index (χ3n) is 4.14. The number of hydrogen-bond acceptors (Lipinski definition) is 5. The third-order valence-corrected chi connectivity index (χ3v) is 4.35. The molecular formula is C18H22ClFN6O. The fraction of sp³-hybridized carbons (Fsp3) is 0.333. The Morgan fingerprint density at radius 1 is 1.33 bits per heavy atom. The number of likely N-dealkylation sites (N-methyl/N-ethyl adjacent to an activating group) is 1. The lowest BCUT2D eigenvalue weighted by Gasteiger charge is -2.30. The van der Waals surface area contributed by atoms with E-state index in [9.17, 15) is 9.18 Å². The lowest BCUT2D eigenvalue weighted by Crippen LogP contribution is -2.46. The van der Waals surface area contributed by atoms with E-state index in [4.69, 9.17) is 11.6 Å². The maximum Gasteiger partial charge on any atom is 0.242 e. The molecule has 3 N–H and O–H groups in total. The lowest BCUT2D eigenvalue weighted by molar-refractivity contribution is -0.123. The predicted molar refractivity (Wildman–Crippen MR) is 105 cm³/mol. The molecule has 0 aliphatic heterocycles. The van der Waals surface area contributed by atoms with E-state index in [1.807, 2.05) is 20.8 Å². The quantitative estimate of drug-likeness (QED) is 0.630. The number of nitrogens with zero attached hydrogens (tertiary/aromatic N) is 3. The molecule has 0 aliphatic carbocycles. The number of H-pyrrole nitrogens is 1. The second kappa shape index (κ2) is 7.11. The molecule has 0 radical (unpaired) electrons. The fourth-order valence-electron chi connectivity index (χ4n) is 2.72. The predicted octanol–water partition coefficient (Wildman–Crippen LogP) is 3.63. The van der Waals surface area contributed by atoms with Crippen LogP contribution in [0.2, 0.25) is 5.02 Å². The van der Waals surface area contributed by atoms with Gasteiger partial charge in [0.1, 0.15) is 11.7 Å². The van der Waals surface area contributed by atoms with Gasteiger partial charge in [-0.15, -0.1) is 0 Å². The van der Waals surface area contributed by atoms with Crippen molar-refractivity contribution in [2.75, 3.05) is 12.4 Å². The zero-order chi connectivity index (χ0) is 19.8. The Morgan fingerprint density at radius 2 is 2.07 bits per heavy atom. The van der Waals surface area contributed by atoms with Gasteiger partial charge >= 0.3 is 0 Å². The summed E-state index contributed by atoms with van der Waals surface area (Å²) < 4.78 is 14.3. The highest BCUT2D eigenvalue weighted by Crippen LogP contribution is 2.29. The fourth-order valence-corrected chi connectivity index (χ4v) is 2.88. The summed E-state index contributed by atoms with van der Waals surface area (Å²) in [5.41, 5.74) is 0.792. The minimum absolute atomic E-state index is 0. The molecule has 3 aromatic heterocycles. The van der Waals surface area contributed by atoms with E-state index in [1.165, 1.54) is 13.2 Å². The van der Waals surface area contributed by atoms with Gasteiger partial charge in [0, 0.05) is 31.8 Å². The van der Waals surface area contributed by atoms with Gasteiger partial charge in [0.25, 0.3) is 0 Å². The molecule has 0 spiro atoms. The Kier molecular flexibility index (Phi) is 5.01. The van der Waals surface area contributed by atoms with Crippen LogP contribution < -0.4 is 10.6 Å². The van der Waals surface area contributed by atoms with Gasteiger partial charge in [-0.3, -0.25) is 4.79 Å². The van der Waals surface area contributed by atoms with Crippen LogP contribution in [0.15, 0.2) is 24.7 Å². The van der Waals surface area contributed by atoms with E-state index in [1.54, 1.807) is 12.3 Å². The Morgan fingerprint density at radius 3 is 2.74 bits per heavy atom. The Labute approximate surface area is 162 Å². The van der Waals surface area contributed by atoms with Crippen LogP contribution in [0.25, 0.3) is 22.4 Å². The number of hydrogen-bond donors (Lipinski definition) is 3. The number of pyridine rings is 1. The van der Waals surface area contributed by atoms with Gasteiger partial charge in [-0.05, 0) is 11.5 Å². The molecule has 1 amide bonds. The van der Waals surface area contributed by atoms with Crippen LogP contribution in [0.1, 0.15) is 22.2 Å². The number of carbonyl (C=O) groups excluding carboxylic acids is 1. The van der Waals surface area contributed by atoms with Crippen LogP contribution in [-0.2, 0) is 4.79 Å². The molecule has 0 fully saturated rings. The van der Waals surface area contributed by atoms with Crippen molar-refractivity contribution in [3.05, 3.63) is 35.5 Å². The standard InChI is InChI=1S/C18H20ClFN6O.H2/c1-18(2,3)13(17(27)21-4)25-16-12(20)8-24-15(26-16)11-7-23-14-10(11)5-9(19)6-22-14;/h5-8,13H,1-4H3,(H,21,27)(H,22,23)(H,24,25,26);1H/t13-;/m1./s1. The molecule has 3 rings (SSSR count). The van der Waals surface area contributed by atoms with Crippen molar-refractivity contribution in [1.82, 2.24) is 25.3 Å². The first-order valence-electron chi connectivity index (χ1n) is 8.34. The highest BCUT2D eigenvalue weighted by atomic mass is 35.5. The van der Waals surface area contributed by atoms with E-state index in [0.29, 0.717) is 22.1 Å². The van der Waals surface area contributed by atoms with Crippen LogP contribution in [0.3, 0.4) is 0 Å². The van der Waals surface area contributed by atoms with Crippen LogP contribution in [0.5, 0.6) is 0 Å². The number of fused-ring (bicyclic) bond motifs is 1. The van der Waals surface area contributed by atoms with E-state index in [-0.39, 0.29) is 13.2 Å². The molecule has 0 bridgehead atoms. The summed E-state index contributed by atoms with van der Waals surface area (Å²) >= 11 is 6.03. The zero-order valence-electron chi connectivity index (χ0n) is 15.4. The average Bonchev–Trinajstić information content (AvgIpc) is 3.02. The maximum atomic E-state index is 14.3. The van der Waals surface area contributed by atoms with Gasteiger partial charge in [0.05, 0.1) is 11.2 Å². The Bertz CT molecular complexity index is 1000. The van der Waals surface area contributed by atoms with Gasteiger partial charge in [-0.2, -0.15) is 0 Å². The molecule has 3 aromatic rings. The summed E-state index contributed by atoms with van der Waals surface area (Å²) in [6, 6.07) is 1.05. The highest BCUT2D eigenvalue weighted by Gasteiger charge is 2.32. The number of amides is 1. The summed E-state index contributed by atoms with van der Waals surface area (Å²) in [5.74, 6) is -0.662. The first-order chi connectivity index (χ1) is 12.7. The van der Waals surface area contributed by atoms with Crippen molar-refractivity contribution in [1.29, 1.82) is 0 Å². The third kappa shape index (κ3) is 3.85. The van der Waals surface area contributed by atoms with Gasteiger partial charge in [0.15, 0.2) is 17.5 Å². The van der Waals surface area contributed by atoms with Crippen molar-refractivity contribution in [3.63, 3.8) is 0 Å². The van der Waals surface area contributed by atoms with Crippen LogP contribution in [-0.4, -0.2) is 38.9 Å². The first kappa shape index (κ1) is 19.0. The largest absolute Gasteiger partial charge is 0.357 e. The maximum absolute atomic E-state index is 14.3. The molecule has 0 aromatic carbocycles. The monoisotopic (exact) mass is 392 g/mol. The molecule has 27 heavy (non-hydrogen) atoms. The second-order valence-corrected chi connectivity index (χ2v) is 7.64. The molecule has 0 aliphatic rings. The molecule has 7 nitrogen and oxygen atoms in total. The van der Waals surface area contributed by atoms with Crippen LogP contribution in [0.4, 0.5) is 10.2 Å². The van der Waals surface area contributed by atoms with Gasteiger partial charge in [-0.25, -0.2) is 19.3 Å². The van der Waals surface area contributed by atoms with E-state index < -0.39 is 17.3 Å². The molecule has 0 unspecified atom stereocenters. The van der Waals surface area contributed by atoms with Gasteiger partial charge in [0.2, 0.25) is 5.91 Å². The zero-order valence-corrected chi connectivity index (χ0v) is 16.1. The van der Waals surface area contributed by atoms with E-state index in [0.717, 1.165) is 11.6 Å². The van der Waals surface area contributed by atoms with Crippen molar-refractivity contribution in [2.45, 2.75) is 26.8 Å². The second-order valence-electron chi connectivity index (χ2n) is 7.20. The highest BCUT2D eigenvalue weighted by molar-refractivity contribution is 6.31. The summed E-state index contributed by atoms with van der Waals surface area (Å²) in [6.45, 7) is 5.65. The van der Waals surface area contributed by atoms with Crippen molar-refractivity contribution < 1.29 is 10.6 Å². The summed E-state index contributed by atoms with van der Waals surface area (Å²) in [7, 11) is 1.53. The average molecular weight is 393 g/mol. The summed E-state index contributed by atoms with van der Waals surface area (Å²) in [4.78, 5) is 27.8. The molecule has 0 saturated heterocycles. The SMILES string of the molecule is CNC(=O)[C@@H](Nc1nc(-c2c[nH]c3ncc(Cl)cc23)ncc1F)C(C)(C)C.[HH].